The summed E-state index contributed by atoms with van der Waals surface area (Å²) in [6.45, 7) is 10.2. The van der Waals surface area contributed by atoms with Crippen LogP contribution in [-0.4, -0.2) is 44.0 Å². The van der Waals surface area contributed by atoms with Crippen LogP contribution in [0.1, 0.15) is 25.0 Å². The van der Waals surface area contributed by atoms with Gasteiger partial charge in [0.25, 0.3) is 0 Å². The van der Waals surface area contributed by atoms with Crippen molar-refractivity contribution in [1.82, 2.24) is 4.90 Å². The summed E-state index contributed by atoms with van der Waals surface area (Å²) >= 11 is 0. The van der Waals surface area contributed by atoms with Crippen molar-refractivity contribution >= 4 is 17.3 Å². The molecule has 4 heteroatoms. The van der Waals surface area contributed by atoms with E-state index >= 15 is 0 Å². The third-order valence-electron chi connectivity index (χ3n) is 5.33. The molecule has 0 spiro atoms. The van der Waals surface area contributed by atoms with Gasteiger partial charge in [0.2, 0.25) is 5.91 Å². The number of likely N-dealkylation sites (N-methyl/N-ethyl adjacent to an activating group) is 1. The Bertz CT molecular complexity index is 742. The van der Waals surface area contributed by atoms with Crippen molar-refractivity contribution in [2.45, 2.75) is 26.2 Å². The molecule has 0 radical (unpaired) electrons. The molecule has 0 unspecified atom stereocenters. The lowest BCUT2D eigenvalue weighted by Crippen LogP contribution is -2.44. The lowest BCUT2D eigenvalue weighted by molar-refractivity contribution is -0.120. The topological polar surface area (TPSA) is 35.6 Å². The zero-order valence-corrected chi connectivity index (χ0v) is 16.2. The Balaban J connectivity index is 1.66. The number of nitrogens with zero attached hydrogens (tertiary/aromatic N) is 2. The van der Waals surface area contributed by atoms with Crippen LogP contribution in [-0.2, 0) is 10.2 Å². The quantitative estimate of drug-likeness (QED) is 0.913. The third kappa shape index (κ3) is 4.07. The molecular formula is C22H29N3O. The van der Waals surface area contributed by atoms with Gasteiger partial charge in [-0.3, -0.25) is 4.79 Å². The van der Waals surface area contributed by atoms with Crippen molar-refractivity contribution in [3.05, 3.63) is 59.7 Å². The number of aryl methyl sites for hydroxylation is 1. The third-order valence-corrected chi connectivity index (χ3v) is 5.33. The largest absolute Gasteiger partial charge is 0.369 e. The van der Waals surface area contributed by atoms with Crippen LogP contribution in [0.5, 0.6) is 0 Å². The minimum absolute atomic E-state index is 0.00806. The molecule has 0 atom stereocenters. The van der Waals surface area contributed by atoms with Gasteiger partial charge in [0.05, 0.1) is 5.41 Å². The Morgan fingerprint density at radius 3 is 2.08 bits per heavy atom. The van der Waals surface area contributed by atoms with E-state index in [1.165, 1.54) is 11.3 Å². The summed E-state index contributed by atoms with van der Waals surface area (Å²) in [4.78, 5) is 17.6. The fourth-order valence-corrected chi connectivity index (χ4v) is 3.21. The SMILES string of the molecule is Cc1ccc(C(C)(C)C(=O)Nc2ccc(N3CCN(C)CC3)cc2)cc1. The van der Waals surface area contributed by atoms with Crippen molar-refractivity contribution in [2.24, 2.45) is 0 Å². The molecule has 1 amide bonds. The summed E-state index contributed by atoms with van der Waals surface area (Å²) in [6.07, 6.45) is 0. The van der Waals surface area contributed by atoms with E-state index in [0.29, 0.717) is 0 Å². The van der Waals surface area contributed by atoms with Crippen LogP contribution in [0.25, 0.3) is 0 Å². The van der Waals surface area contributed by atoms with Gasteiger partial charge in [-0.05, 0) is 57.6 Å². The highest BCUT2D eigenvalue weighted by molar-refractivity contribution is 5.98. The zero-order valence-electron chi connectivity index (χ0n) is 16.2. The predicted molar refractivity (Wildman–Crippen MR) is 109 cm³/mol. The van der Waals surface area contributed by atoms with Crippen molar-refractivity contribution < 1.29 is 4.79 Å². The zero-order chi connectivity index (χ0) is 18.7. The molecule has 1 heterocycles. The van der Waals surface area contributed by atoms with Gasteiger partial charge >= 0.3 is 0 Å². The van der Waals surface area contributed by atoms with E-state index in [0.717, 1.165) is 37.4 Å². The second kappa shape index (κ2) is 7.50. The average molecular weight is 351 g/mol. The van der Waals surface area contributed by atoms with Gasteiger partial charge in [-0.1, -0.05) is 29.8 Å². The molecule has 3 rings (SSSR count). The number of amides is 1. The highest BCUT2D eigenvalue weighted by Gasteiger charge is 2.29. The molecule has 1 saturated heterocycles. The van der Waals surface area contributed by atoms with Gasteiger partial charge in [-0.25, -0.2) is 0 Å². The van der Waals surface area contributed by atoms with Gasteiger partial charge in [-0.15, -0.1) is 0 Å². The molecule has 1 fully saturated rings. The highest BCUT2D eigenvalue weighted by atomic mass is 16.2. The van der Waals surface area contributed by atoms with Crippen LogP contribution < -0.4 is 10.2 Å². The number of benzene rings is 2. The van der Waals surface area contributed by atoms with E-state index in [4.69, 9.17) is 0 Å². The van der Waals surface area contributed by atoms with E-state index in [1.807, 2.05) is 38.1 Å². The van der Waals surface area contributed by atoms with Crippen LogP contribution in [0.2, 0.25) is 0 Å². The smallest absolute Gasteiger partial charge is 0.234 e. The molecule has 1 aliphatic heterocycles. The van der Waals surface area contributed by atoms with Crippen LogP contribution in [0.4, 0.5) is 11.4 Å². The lowest BCUT2D eigenvalue weighted by atomic mass is 9.83. The van der Waals surface area contributed by atoms with Crippen molar-refractivity contribution in [1.29, 1.82) is 0 Å². The monoisotopic (exact) mass is 351 g/mol. The number of rotatable bonds is 4. The number of carbonyl (C=O) groups excluding carboxylic acids is 1. The normalized spacial score (nSPS) is 15.8. The molecular weight excluding hydrogens is 322 g/mol. The molecule has 2 aromatic carbocycles. The van der Waals surface area contributed by atoms with Gasteiger partial charge in [0, 0.05) is 37.6 Å². The maximum Gasteiger partial charge on any atom is 0.234 e. The average Bonchev–Trinajstić information content (AvgIpc) is 2.63. The molecule has 26 heavy (non-hydrogen) atoms. The Kier molecular flexibility index (Phi) is 5.33. The van der Waals surface area contributed by atoms with E-state index < -0.39 is 5.41 Å². The first-order valence-electron chi connectivity index (χ1n) is 9.28. The molecule has 0 saturated carbocycles. The van der Waals surface area contributed by atoms with E-state index in [-0.39, 0.29) is 5.91 Å². The minimum Gasteiger partial charge on any atom is -0.369 e. The standard InChI is InChI=1S/C22H29N3O/c1-17-5-7-18(8-6-17)22(2,3)21(26)23-19-9-11-20(12-10-19)25-15-13-24(4)14-16-25/h5-12H,13-16H2,1-4H3,(H,23,26). The Hall–Kier alpha value is -2.33. The second-order valence-corrected chi connectivity index (χ2v) is 7.78. The van der Waals surface area contributed by atoms with E-state index in [2.05, 4.69) is 53.4 Å². The molecule has 0 aromatic heterocycles. The molecule has 2 aromatic rings. The fourth-order valence-electron chi connectivity index (χ4n) is 3.21. The first kappa shape index (κ1) is 18.5. The minimum atomic E-state index is -0.580. The van der Waals surface area contributed by atoms with Gasteiger partial charge in [-0.2, -0.15) is 0 Å². The molecule has 0 bridgehead atoms. The number of nitrogens with one attached hydrogen (secondary N) is 1. The molecule has 1 N–H and O–H groups in total. The van der Waals surface area contributed by atoms with E-state index in [1.54, 1.807) is 0 Å². The number of carbonyl (C=O) groups is 1. The number of anilines is 2. The summed E-state index contributed by atoms with van der Waals surface area (Å²) in [6, 6.07) is 16.4. The maximum absolute atomic E-state index is 12.8. The van der Waals surface area contributed by atoms with Crippen molar-refractivity contribution in [3.8, 4) is 0 Å². The number of piperazine rings is 1. The van der Waals surface area contributed by atoms with Gasteiger partial charge in [0.15, 0.2) is 0 Å². The maximum atomic E-state index is 12.8. The van der Waals surface area contributed by atoms with Crippen molar-refractivity contribution in [2.75, 3.05) is 43.4 Å². The van der Waals surface area contributed by atoms with Crippen molar-refractivity contribution in [3.63, 3.8) is 0 Å². The Morgan fingerprint density at radius 2 is 1.50 bits per heavy atom. The highest BCUT2D eigenvalue weighted by Crippen LogP contribution is 2.26. The summed E-state index contributed by atoms with van der Waals surface area (Å²) in [7, 11) is 2.16. The first-order valence-corrected chi connectivity index (χ1v) is 9.28. The number of hydrogen-bond acceptors (Lipinski definition) is 3. The molecule has 138 valence electrons. The van der Waals surface area contributed by atoms with Crippen LogP contribution in [0.3, 0.4) is 0 Å². The first-order chi connectivity index (χ1) is 12.4. The summed E-state index contributed by atoms with van der Waals surface area (Å²) in [5, 5.41) is 3.07. The van der Waals surface area contributed by atoms with Crippen LogP contribution in [0, 0.1) is 6.92 Å². The summed E-state index contributed by atoms with van der Waals surface area (Å²) in [5.74, 6) is 0.00806. The Labute approximate surface area is 156 Å². The summed E-state index contributed by atoms with van der Waals surface area (Å²) in [5.41, 5.74) is 3.70. The fraction of sp³-hybridized carbons (Fsp3) is 0.409. The molecule has 1 aliphatic rings. The predicted octanol–water partition coefficient (Wildman–Crippen LogP) is 3.66. The van der Waals surface area contributed by atoms with Gasteiger partial charge in [0.1, 0.15) is 0 Å². The van der Waals surface area contributed by atoms with Crippen LogP contribution in [0.15, 0.2) is 48.5 Å². The molecule has 0 aliphatic carbocycles. The second-order valence-electron chi connectivity index (χ2n) is 7.78. The van der Waals surface area contributed by atoms with Gasteiger partial charge < -0.3 is 15.1 Å². The van der Waals surface area contributed by atoms with E-state index in [9.17, 15) is 4.79 Å². The number of hydrogen-bond donors (Lipinski definition) is 1. The summed E-state index contributed by atoms with van der Waals surface area (Å²) < 4.78 is 0. The Morgan fingerprint density at radius 1 is 0.923 bits per heavy atom. The lowest BCUT2D eigenvalue weighted by Gasteiger charge is -2.34. The molecule has 4 nitrogen and oxygen atoms in total. The van der Waals surface area contributed by atoms with Crippen LogP contribution >= 0.6 is 0 Å².